The van der Waals surface area contributed by atoms with Gasteiger partial charge in [0.15, 0.2) is 0 Å². The van der Waals surface area contributed by atoms with Crippen molar-refractivity contribution >= 4 is 34.5 Å². The molecule has 2 aromatic heterocycles. The molecule has 2 heterocycles. The SMILES string of the molecule is CCCc1ccc(C(NC(=O)CCNC(=O)c2ccsc2)c2cccs2)cc1. The van der Waals surface area contributed by atoms with E-state index in [0.717, 1.165) is 23.3 Å². The maximum Gasteiger partial charge on any atom is 0.252 e. The minimum atomic E-state index is -0.171. The molecule has 0 spiro atoms. The normalized spacial score (nSPS) is 11.8. The lowest BCUT2D eigenvalue weighted by atomic mass is 10.0. The van der Waals surface area contributed by atoms with Gasteiger partial charge in [-0.05, 0) is 40.4 Å². The number of hydrogen-bond donors (Lipinski definition) is 2. The van der Waals surface area contributed by atoms with Crippen LogP contribution in [0.1, 0.15) is 52.2 Å². The van der Waals surface area contributed by atoms with Crippen LogP contribution in [0.5, 0.6) is 0 Å². The summed E-state index contributed by atoms with van der Waals surface area (Å²) < 4.78 is 0. The fourth-order valence-electron chi connectivity index (χ4n) is 2.96. The van der Waals surface area contributed by atoms with E-state index in [1.807, 2.05) is 22.9 Å². The van der Waals surface area contributed by atoms with Gasteiger partial charge >= 0.3 is 0 Å². The standard InChI is InChI=1S/C22H24N2O2S2/c1-2-4-16-6-8-17(9-7-16)21(19-5-3-13-28-19)24-20(25)10-12-23-22(26)18-11-14-27-15-18/h3,5-9,11,13-15,21H,2,4,10,12H2,1H3,(H,23,26)(H,24,25). The zero-order valence-corrected chi connectivity index (χ0v) is 17.4. The Kier molecular flexibility index (Phi) is 7.39. The molecule has 3 rings (SSSR count). The van der Waals surface area contributed by atoms with Crippen molar-refractivity contribution in [3.63, 3.8) is 0 Å². The summed E-state index contributed by atoms with van der Waals surface area (Å²) in [6.07, 6.45) is 2.41. The predicted molar refractivity (Wildman–Crippen MR) is 116 cm³/mol. The molecule has 0 aliphatic carbocycles. The number of aryl methyl sites for hydroxylation is 1. The van der Waals surface area contributed by atoms with E-state index >= 15 is 0 Å². The molecule has 0 fully saturated rings. The summed E-state index contributed by atoms with van der Waals surface area (Å²) in [6.45, 7) is 2.48. The van der Waals surface area contributed by atoms with E-state index in [4.69, 9.17) is 0 Å². The van der Waals surface area contributed by atoms with E-state index in [-0.39, 0.29) is 24.3 Å². The van der Waals surface area contributed by atoms with Crippen molar-refractivity contribution < 1.29 is 9.59 Å². The van der Waals surface area contributed by atoms with E-state index in [9.17, 15) is 9.59 Å². The number of rotatable bonds is 9. The molecule has 0 radical (unpaired) electrons. The van der Waals surface area contributed by atoms with E-state index < -0.39 is 0 Å². The van der Waals surface area contributed by atoms with Crippen molar-refractivity contribution in [3.05, 3.63) is 80.2 Å². The highest BCUT2D eigenvalue weighted by Crippen LogP contribution is 2.26. The summed E-state index contributed by atoms with van der Waals surface area (Å²) in [6, 6.07) is 14.1. The second-order valence-electron chi connectivity index (χ2n) is 6.53. The number of carbonyl (C=O) groups is 2. The molecule has 0 bridgehead atoms. The van der Waals surface area contributed by atoms with Crippen molar-refractivity contribution in [2.24, 2.45) is 0 Å². The minimum absolute atomic E-state index is 0.0818. The first-order chi connectivity index (χ1) is 13.7. The van der Waals surface area contributed by atoms with Gasteiger partial charge < -0.3 is 10.6 Å². The van der Waals surface area contributed by atoms with Gasteiger partial charge in [0.05, 0.1) is 6.04 Å². The molecule has 0 aliphatic heterocycles. The highest BCUT2D eigenvalue weighted by Gasteiger charge is 2.18. The second kappa shape index (κ2) is 10.2. The number of hydrogen-bond acceptors (Lipinski definition) is 4. The zero-order valence-electron chi connectivity index (χ0n) is 15.8. The molecule has 3 aromatic rings. The monoisotopic (exact) mass is 412 g/mol. The Hall–Kier alpha value is -2.44. The molecular weight excluding hydrogens is 388 g/mol. The van der Waals surface area contributed by atoms with Gasteiger partial charge in [-0.2, -0.15) is 11.3 Å². The lowest BCUT2D eigenvalue weighted by Crippen LogP contribution is -2.33. The number of amides is 2. The van der Waals surface area contributed by atoms with Gasteiger partial charge in [-0.25, -0.2) is 0 Å². The second-order valence-corrected chi connectivity index (χ2v) is 8.28. The Morgan fingerprint density at radius 1 is 1.07 bits per heavy atom. The lowest BCUT2D eigenvalue weighted by molar-refractivity contribution is -0.121. The van der Waals surface area contributed by atoms with Crippen LogP contribution in [0.25, 0.3) is 0 Å². The third-order valence-electron chi connectivity index (χ3n) is 4.41. The van der Waals surface area contributed by atoms with Crippen molar-refractivity contribution in [2.45, 2.75) is 32.2 Å². The third-order valence-corrected chi connectivity index (χ3v) is 6.03. The van der Waals surface area contributed by atoms with Gasteiger partial charge in [0.1, 0.15) is 0 Å². The minimum Gasteiger partial charge on any atom is -0.351 e. The first-order valence-corrected chi connectivity index (χ1v) is 11.2. The summed E-state index contributed by atoms with van der Waals surface area (Å²) in [4.78, 5) is 25.6. The highest BCUT2D eigenvalue weighted by molar-refractivity contribution is 7.10. The smallest absolute Gasteiger partial charge is 0.252 e. The lowest BCUT2D eigenvalue weighted by Gasteiger charge is -2.19. The quantitative estimate of drug-likeness (QED) is 0.531. The van der Waals surface area contributed by atoms with Crippen molar-refractivity contribution in [1.82, 2.24) is 10.6 Å². The zero-order chi connectivity index (χ0) is 19.8. The van der Waals surface area contributed by atoms with Gasteiger partial charge in [0.25, 0.3) is 5.91 Å². The maximum absolute atomic E-state index is 12.5. The molecule has 0 aliphatic rings. The number of nitrogens with one attached hydrogen (secondary N) is 2. The Labute approximate surface area is 173 Å². The summed E-state index contributed by atoms with van der Waals surface area (Å²) in [5.74, 6) is -0.225. The van der Waals surface area contributed by atoms with Crippen molar-refractivity contribution in [3.8, 4) is 0 Å². The number of thiophene rings is 2. The van der Waals surface area contributed by atoms with Crippen LogP contribution >= 0.6 is 22.7 Å². The molecule has 2 N–H and O–H groups in total. The third kappa shape index (κ3) is 5.53. The van der Waals surface area contributed by atoms with Crippen LogP contribution in [0.3, 0.4) is 0 Å². The van der Waals surface area contributed by atoms with E-state index in [1.54, 1.807) is 22.8 Å². The Morgan fingerprint density at radius 3 is 2.54 bits per heavy atom. The topological polar surface area (TPSA) is 58.2 Å². The Balaban J connectivity index is 1.60. The van der Waals surface area contributed by atoms with Gasteiger partial charge in [0, 0.05) is 28.8 Å². The van der Waals surface area contributed by atoms with E-state index in [1.165, 1.54) is 16.9 Å². The fraction of sp³-hybridized carbons (Fsp3) is 0.273. The molecule has 0 saturated carbocycles. The highest BCUT2D eigenvalue weighted by atomic mass is 32.1. The molecule has 0 saturated heterocycles. The molecule has 6 heteroatoms. The molecule has 2 amide bonds. The van der Waals surface area contributed by atoms with Crippen molar-refractivity contribution in [1.29, 1.82) is 0 Å². The summed E-state index contributed by atoms with van der Waals surface area (Å²) in [5.41, 5.74) is 3.01. The fourth-order valence-corrected chi connectivity index (χ4v) is 4.40. The van der Waals surface area contributed by atoms with Crippen LogP contribution in [-0.4, -0.2) is 18.4 Å². The average Bonchev–Trinajstić information content (AvgIpc) is 3.41. The predicted octanol–water partition coefficient (Wildman–Crippen LogP) is 4.79. The molecule has 146 valence electrons. The summed E-state index contributed by atoms with van der Waals surface area (Å²) >= 11 is 3.10. The van der Waals surface area contributed by atoms with Gasteiger partial charge in [-0.15, -0.1) is 11.3 Å². The van der Waals surface area contributed by atoms with Crippen molar-refractivity contribution in [2.75, 3.05) is 6.54 Å². The molecule has 1 atom stereocenters. The van der Waals surface area contributed by atoms with Crippen LogP contribution in [0.4, 0.5) is 0 Å². The Bertz CT molecular complexity index is 872. The first-order valence-electron chi connectivity index (χ1n) is 9.39. The molecule has 4 nitrogen and oxygen atoms in total. The number of carbonyl (C=O) groups excluding carboxylic acids is 2. The molecule has 28 heavy (non-hydrogen) atoms. The summed E-state index contributed by atoms with van der Waals surface area (Å²) in [5, 5.41) is 11.6. The summed E-state index contributed by atoms with van der Waals surface area (Å²) in [7, 11) is 0. The molecule has 1 unspecified atom stereocenters. The van der Waals surface area contributed by atoms with Crippen LogP contribution < -0.4 is 10.6 Å². The van der Waals surface area contributed by atoms with Crippen LogP contribution in [0.15, 0.2) is 58.6 Å². The molecule has 1 aromatic carbocycles. The van der Waals surface area contributed by atoms with Crippen LogP contribution in [-0.2, 0) is 11.2 Å². The maximum atomic E-state index is 12.5. The average molecular weight is 413 g/mol. The van der Waals surface area contributed by atoms with Gasteiger partial charge in [-0.1, -0.05) is 43.7 Å². The van der Waals surface area contributed by atoms with E-state index in [2.05, 4.69) is 41.8 Å². The van der Waals surface area contributed by atoms with Crippen LogP contribution in [0.2, 0.25) is 0 Å². The largest absolute Gasteiger partial charge is 0.351 e. The van der Waals surface area contributed by atoms with Gasteiger partial charge in [0.2, 0.25) is 5.91 Å². The number of benzene rings is 1. The van der Waals surface area contributed by atoms with E-state index in [0.29, 0.717) is 12.1 Å². The first kappa shape index (κ1) is 20.3. The molecular formula is C22H24N2O2S2. The van der Waals surface area contributed by atoms with Gasteiger partial charge in [-0.3, -0.25) is 9.59 Å². The van der Waals surface area contributed by atoms with Crippen LogP contribution in [0, 0.1) is 0 Å². The Morgan fingerprint density at radius 2 is 1.89 bits per heavy atom.